The molecule has 2 atom stereocenters. The predicted molar refractivity (Wildman–Crippen MR) is 80.1 cm³/mol. The molecule has 0 amide bonds. The molecule has 0 fully saturated rings. The van der Waals surface area contributed by atoms with Gasteiger partial charge in [0.05, 0.1) is 17.2 Å². The number of aliphatic hydroxyl groups is 1. The molecule has 7 heteroatoms. The summed E-state index contributed by atoms with van der Waals surface area (Å²) in [5.41, 5.74) is -0.213. The van der Waals surface area contributed by atoms with Gasteiger partial charge in [0.1, 0.15) is 6.61 Å². The molecule has 7 nitrogen and oxygen atoms in total. The van der Waals surface area contributed by atoms with Crippen molar-refractivity contribution >= 4 is 17.9 Å². The van der Waals surface area contributed by atoms with Gasteiger partial charge in [0.25, 0.3) is 0 Å². The van der Waals surface area contributed by atoms with Crippen molar-refractivity contribution < 1.29 is 34.1 Å². The fourth-order valence-electron chi connectivity index (χ4n) is 1.60. The molecule has 0 spiro atoms. The van der Waals surface area contributed by atoms with Gasteiger partial charge in [-0.1, -0.05) is 18.7 Å². The van der Waals surface area contributed by atoms with Gasteiger partial charge in [-0.3, -0.25) is 0 Å². The number of carbonyl (C=O) groups is 3. The zero-order valence-corrected chi connectivity index (χ0v) is 12.8. The van der Waals surface area contributed by atoms with Gasteiger partial charge in [-0.15, -0.1) is 0 Å². The second-order valence-electron chi connectivity index (χ2n) is 4.91. The van der Waals surface area contributed by atoms with Gasteiger partial charge >= 0.3 is 17.9 Å². The van der Waals surface area contributed by atoms with E-state index in [1.165, 1.54) is 38.1 Å². The summed E-state index contributed by atoms with van der Waals surface area (Å²) in [6, 6.07) is 5.52. The molecule has 0 bridgehead atoms. The highest BCUT2D eigenvalue weighted by atomic mass is 16.6. The first kappa shape index (κ1) is 18.4. The minimum absolute atomic E-state index is 0.156. The number of ether oxygens (including phenoxy) is 2. The summed E-state index contributed by atoms with van der Waals surface area (Å²) < 4.78 is 9.91. The SMILES string of the molecule is C=C(C)C(=O)OCC(OC(=O)c1ccccc1C(=O)O)C(C)O. The van der Waals surface area contributed by atoms with E-state index in [1.54, 1.807) is 0 Å². The van der Waals surface area contributed by atoms with Crippen LogP contribution in [0.2, 0.25) is 0 Å². The Morgan fingerprint density at radius 3 is 2.26 bits per heavy atom. The van der Waals surface area contributed by atoms with Crippen LogP contribution in [0, 0.1) is 0 Å². The molecule has 1 aromatic carbocycles. The van der Waals surface area contributed by atoms with Gasteiger partial charge in [0, 0.05) is 5.57 Å². The van der Waals surface area contributed by atoms with Crippen LogP contribution < -0.4 is 0 Å². The molecule has 0 saturated heterocycles. The van der Waals surface area contributed by atoms with Crippen LogP contribution in [0.15, 0.2) is 36.4 Å². The van der Waals surface area contributed by atoms with E-state index in [2.05, 4.69) is 6.58 Å². The molecule has 2 N–H and O–H groups in total. The maximum absolute atomic E-state index is 12.1. The average Bonchev–Trinajstić information content (AvgIpc) is 2.50. The van der Waals surface area contributed by atoms with E-state index < -0.39 is 30.1 Å². The summed E-state index contributed by atoms with van der Waals surface area (Å²) in [6.45, 7) is 5.85. The van der Waals surface area contributed by atoms with E-state index in [0.717, 1.165) is 0 Å². The Labute approximate surface area is 133 Å². The predicted octanol–water partition coefficient (Wildman–Crippen LogP) is 1.41. The molecule has 23 heavy (non-hydrogen) atoms. The van der Waals surface area contributed by atoms with Crippen LogP contribution in [0.4, 0.5) is 0 Å². The lowest BCUT2D eigenvalue weighted by Crippen LogP contribution is -2.34. The highest BCUT2D eigenvalue weighted by molar-refractivity contribution is 6.02. The van der Waals surface area contributed by atoms with Gasteiger partial charge in [-0.25, -0.2) is 14.4 Å². The summed E-state index contributed by atoms with van der Waals surface area (Å²) in [7, 11) is 0. The molecule has 0 aromatic heterocycles. The Balaban J connectivity index is 2.85. The zero-order valence-electron chi connectivity index (χ0n) is 12.8. The topological polar surface area (TPSA) is 110 Å². The highest BCUT2D eigenvalue weighted by Crippen LogP contribution is 2.13. The largest absolute Gasteiger partial charge is 0.478 e. The molecule has 0 radical (unpaired) electrons. The molecular formula is C16H18O7. The molecule has 2 unspecified atom stereocenters. The normalized spacial score (nSPS) is 12.8. The third-order valence-electron chi connectivity index (χ3n) is 2.90. The third kappa shape index (κ3) is 5.23. The van der Waals surface area contributed by atoms with Crippen molar-refractivity contribution in [3.8, 4) is 0 Å². The lowest BCUT2D eigenvalue weighted by Gasteiger charge is -2.20. The molecule has 0 aliphatic carbocycles. The molecule has 1 aromatic rings. The minimum atomic E-state index is -1.28. The van der Waals surface area contributed by atoms with Crippen molar-refractivity contribution in [3.05, 3.63) is 47.5 Å². The Hall–Kier alpha value is -2.67. The van der Waals surface area contributed by atoms with Gasteiger partial charge in [0.15, 0.2) is 6.10 Å². The summed E-state index contributed by atoms with van der Waals surface area (Å²) in [4.78, 5) is 34.6. The third-order valence-corrected chi connectivity index (χ3v) is 2.90. The van der Waals surface area contributed by atoms with Crippen LogP contribution >= 0.6 is 0 Å². The number of aliphatic hydroxyl groups excluding tert-OH is 1. The number of carbonyl (C=O) groups excluding carboxylic acids is 2. The first-order valence-electron chi connectivity index (χ1n) is 6.78. The van der Waals surface area contributed by atoms with Gasteiger partial charge in [-0.05, 0) is 26.0 Å². The number of hydrogen-bond donors (Lipinski definition) is 2. The minimum Gasteiger partial charge on any atom is -0.478 e. The summed E-state index contributed by atoms with van der Waals surface area (Å²) in [5, 5.41) is 18.7. The maximum atomic E-state index is 12.1. The molecule has 124 valence electrons. The van der Waals surface area contributed by atoms with Crippen LogP contribution in [0.5, 0.6) is 0 Å². The van der Waals surface area contributed by atoms with Crippen molar-refractivity contribution in [1.82, 2.24) is 0 Å². The second-order valence-corrected chi connectivity index (χ2v) is 4.91. The van der Waals surface area contributed by atoms with Crippen molar-refractivity contribution in [1.29, 1.82) is 0 Å². The summed E-state index contributed by atoms with van der Waals surface area (Å²) in [6.07, 6.45) is -2.25. The number of aromatic carboxylic acids is 1. The van der Waals surface area contributed by atoms with E-state index in [-0.39, 0.29) is 23.3 Å². The highest BCUT2D eigenvalue weighted by Gasteiger charge is 2.25. The summed E-state index contributed by atoms with van der Waals surface area (Å²) >= 11 is 0. The number of carboxylic acid groups (broad SMARTS) is 1. The lowest BCUT2D eigenvalue weighted by molar-refractivity contribution is -0.144. The number of hydrogen-bond acceptors (Lipinski definition) is 6. The number of carboxylic acids is 1. The lowest BCUT2D eigenvalue weighted by atomic mass is 10.1. The molecular weight excluding hydrogens is 304 g/mol. The van der Waals surface area contributed by atoms with Crippen molar-refractivity contribution in [2.45, 2.75) is 26.1 Å². The van der Waals surface area contributed by atoms with E-state index in [4.69, 9.17) is 14.6 Å². The quantitative estimate of drug-likeness (QED) is 0.577. The maximum Gasteiger partial charge on any atom is 0.339 e. The van der Waals surface area contributed by atoms with E-state index >= 15 is 0 Å². The standard InChI is InChI=1S/C16H18O7/c1-9(2)15(20)22-8-13(10(3)17)23-16(21)12-7-5-4-6-11(12)14(18)19/h4-7,10,13,17H,1,8H2,2-3H3,(H,18,19). The molecule has 0 heterocycles. The first-order valence-corrected chi connectivity index (χ1v) is 6.78. The molecule has 0 aliphatic rings. The van der Waals surface area contributed by atoms with Crippen LogP contribution in [-0.2, 0) is 14.3 Å². The van der Waals surface area contributed by atoms with E-state index in [0.29, 0.717) is 0 Å². The second kappa shape index (κ2) is 8.09. The van der Waals surface area contributed by atoms with Crippen LogP contribution in [0.3, 0.4) is 0 Å². The van der Waals surface area contributed by atoms with Crippen LogP contribution in [0.25, 0.3) is 0 Å². The van der Waals surface area contributed by atoms with Crippen molar-refractivity contribution in [3.63, 3.8) is 0 Å². The monoisotopic (exact) mass is 322 g/mol. The Kier molecular flexibility index (Phi) is 6.47. The number of esters is 2. The smallest absolute Gasteiger partial charge is 0.339 e. The van der Waals surface area contributed by atoms with Gasteiger partial charge in [0.2, 0.25) is 0 Å². The average molecular weight is 322 g/mol. The molecule has 1 rings (SSSR count). The van der Waals surface area contributed by atoms with Gasteiger partial charge in [-0.2, -0.15) is 0 Å². The van der Waals surface area contributed by atoms with E-state index in [9.17, 15) is 19.5 Å². The van der Waals surface area contributed by atoms with E-state index in [1.807, 2.05) is 0 Å². The Morgan fingerprint density at radius 1 is 1.22 bits per heavy atom. The molecule has 0 saturated carbocycles. The summed E-state index contributed by atoms with van der Waals surface area (Å²) in [5.74, 6) is -2.89. The van der Waals surface area contributed by atoms with Crippen molar-refractivity contribution in [2.75, 3.05) is 6.61 Å². The Bertz CT molecular complexity index is 619. The zero-order chi connectivity index (χ0) is 17.6. The Morgan fingerprint density at radius 2 is 1.78 bits per heavy atom. The fraction of sp³-hybridized carbons (Fsp3) is 0.312. The molecule has 0 aliphatic heterocycles. The van der Waals surface area contributed by atoms with Crippen LogP contribution in [0.1, 0.15) is 34.6 Å². The first-order chi connectivity index (χ1) is 10.7. The van der Waals surface area contributed by atoms with Crippen molar-refractivity contribution in [2.24, 2.45) is 0 Å². The number of rotatable bonds is 7. The van der Waals surface area contributed by atoms with Gasteiger partial charge < -0.3 is 19.7 Å². The fourth-order valence-corrected chi connectivity index (χ4v) is 1.60. The number of benzene rings is 1. The van der Waals surface area contributed by atoms with Crippen LogP contribution in [-0.4, -0.2) is 46.9 Å².